The van der Waals surface area contributed by atoms with Crippen molar-refractivity contribution in [2.45, 2.75) is 39.7 Å². The molecule has 1 nitrogen and oxygen atoms in total. The minimum Gasteiger partial charge on any atom is -0.323 e. The summed E-state index contributed by atoms with van der Waals surface area (Å²) in [6.07, 6.45) is -2.21. The SMILES string of the molecule is Cc1cc(C)c(CC(N)C(F)F)c(C)c1. The summed E-state index contributed by atoms with van der Waals surface area (Å²) in [7, 11) is 0. The van der Waals surface area contributed by atoms with Crippen LogP contribution in [0.5, 0.6) is 0 Å². The first-order valence-electron chi connectivity index (χ1n) is 5.02. The summed E-state index contributed by atoms with van der Waals surface area (Å²) in [5, 5.41) is 0. The molecule has 0 bridgehead atoms. The normalized spacial score (nSPS) is 13.3. The smallest absolute Gasteiger partial charge is 0.253 e. The molecule has 1 unspecified atom stereocenters. The van der Waals surface area contributed by atoms with Crippen molar-refractivity contribution in [2.24, 2.45) is 5.73 Å². The van der Waals surface area contributed by atoms with Gasteiger partial charge in [0.25, 0.3) is 6.43 Å². The average molecular weight is 213 g/mol. The van der Waals surface area contributed by atoms with E-state index < -0.39 is 12.5 Å². The highest BCUT2D eigenvalue weighted by Gasteiger charge is 2.17. The molecule has 0 aliphatic carbocycles. The molecule has 3 heteroatoms. The first kappa shape index (κ1) is 12.1. The molecule has 0 aromatic heterocycles. The van der Waals surface area contributed by atoms with E-state index in [9.17, 15) is 8.78 Å². The van der Waals surface area contributed by atoms with Crippen molar-refractivity contribution >= 4 is 0 Å². The van der Waals surface area contributed by atoms with Crippen LogP contribution in [0, 0.1) is 20.8 Å². The maximum Gasteiger partial charge on any atom is 0.253 e. The van der Waals surface area contributed by atoms with Gasteiger partial charge in [0.05, 0.1) is 6.04 Å². The van der Waals surface area contributed by atoms with E-state index in [1.54, 1.807) is 0 Å². The molecule has 1 aromatic rings. The van der Waals surface area contributed by atoms with Gasteiger partial charge < -0.3 is 5.73 Å². The maximum absolute atomic E-state index is 12.3. The van der Waals surface area contributed by atoms with Gasteiger partial charge in [0.2, 0.25) is 0 Å². The molecule has 1 aromatic carbocycles. The Labute approximate surface area is 89.3 Å². The van der Waals surface area contributed by atoms with Crippen LogP contribution in [0.2, 0.25) is 0 Å². The summed E-state index contributed by atoms with van der Waals surface area (Å²) >= 11 is 0. The highest BCUT2D eigenvalue weighted by molar-refractivity contribution is 5.38. The first-order valence-corrected chi connectivity index (χ1v) is 5.02. The Morgan fingerprint density at radius 1 is 1.13 bits per heavy atom. The van der Waals surface area contributed by atoms with E-state index in [1.165, 1.54) is 0 Å². The van der Waals surface area contributed by atoms with Crippen molar-refractivity contribution in [1.82, 2.24) is 0 Å². The average Bonchev–Trinajstić information content (AvgIpc) is 2.10. The van der Waals surface area contributed by atoms with Gasteiger partial charge in [0.1, 0.15) is 0 Å². The fraction of sp³-hybridized carbons (Fsp3) is 0.500. The third kappa shape index (κ3) is 2.99. The molecule has 2 N–H and O–H groups in total. The van der Waals surface area contributed by atoms with Gasteiger partial charge in [-0.15, -0.1) is 0 Å². The molecule has 1 atom stereocenters. The molecular weight excluding hydrogens is 196 g/mol. The van der Waals surface area contributed by atoms with Crippen LogP contribution in [-0.2, 0) is 6.42 Å². The number of alkyl halides is 2. The van der Waals surface area contributed by atoms with Crippen molar-refractivity contribution in [1.29, 1.82) is 0 Å². The number of rotatable bonds is 3. The van der Waals surface area contributed by atoms with Gasteiger partial charge in [-0.05, 0) is 43.9 Å². The number of aryl methyl sites for hydroxylation is 3. The van der Waals surface area contributed by atoms with Crippen LogP contribution in [0.4, 0.5) is 8.78 Å². The molecule has 0 fully saturated rings. The van der Waals surface area contributed by atoms with E-state index >= 15 is 0 Å². The second kappa shape index (κ2) is 4.71. The van der Waals surface area contributed by atoms with Gasteiger partial charge in [0, 0.05) is 0 Å². The van der Waals surface area contributed by atoms with E-state index in [0.29, 0.717) is 0 Å². The highest BCUT2D eigenvalue weighted by Crippen LogP contribution is 2.19. The van der Waals surface area contributed by atoms with Gasteiger partial charge in [-0.1, -0.05) is 17.7 Å². The molecule has 0 aliphatic heterocycles. The monoisotopic (exact) mass is 213 g/mol. The number of hydrogen-bond donors (Lipinski definition) is 1. The second-order valence-electron chi connectivity index (χ2n) is 4.08. The minimum absolute atomic E-state index is 0.246. The van der Waals surface area contributed by atoms with E-state index in [1.807, 2.05) is 32.9 Å². The summed E-state index contributed by atoms with van der Waals surface area (Å²) in [5.74, 6) is 0. The standard InChI is InChI=1S/C12H17F2N/c1-7-4-8(2)10(9(3)5-7)6-11(15)12(13)14/h4-5,11-12H,6,15H2,1-3H3. The molecular formula is C12H17F2N. The maximum atomic E-state index is 12.3. The lowest BCUT2D eigenvalue weighted by Crippen LogP contribution is -2.31. The van der Waals surface area contributed by atoms with Crippen LogP contribution in [0.3, 0.4) is 0 Å². The Bertz CT molecular complexity index is 324. The zero-order chi connectivity index (χ0) is 11.6. The Morgan fingerprint density at radius 3 is 2.00 bits per heavy atom. The van der Waals surface area contributed by atoms with Crippen LogP contribution >= 0.6 is 0 Å². The zero-order valence-corrected chi connectivity index (χ0v) is 9.35. The minimum atomic E-state index is -2.45. The van der Waals surface area contributed by atoms with Crippen LogP contribution in [-0.4, -0.2) is 12.5 Å². The highest BCUT2D eigenvalue weighted by atomic mass is 19.3. The van der Waals surface area contributed by atoms with Crippen molar-refractivity contribution in [2.75, 3.05) is 0 Å². The number of benzene rings is 1. The van der Waals surface area contributed by atoms with Crippen molar-refractivity contribution in [3.63, 3.8) is 0 Å². The van der Waals surface area contributed by atoms with E-state index in [2.05, 4.69) is 0 Å². The summed E-state index contributed by atoms with van der Waals surface area (Å²) < 4.78 is 24.7. The molecule has 0 spiro atoms. The number of hydrogen-bond acceptors (Lipinski definition) is 1. The molecule has 0 aliphatic rings. The molecule has 0 saturated carbocycles. The van der Waals surface area contributed by atoms with Gasteiger partial charge in [-0.25, -0.2) is 8.78 Å². The zero-order valence-electron chi connectivity index (χ0n) is 9.35. The van der Waals surface area contributed by atoms with Crippen molar-refractivity contribution < 1.29 is 8.78 Å². The predicted octanol–water partition coefficient (Wildman–Crippen LogP) is 2.75. The number of halogens is 2. The van der Waals surface area contributed by atoms with E-state index in [0.717, 1.165) is 22.3 Å². The van der Waals surface area contributed by atoms with E-state index in [-0.39, 0.29) is 6.42 Å². The topological polar surface area (TPSA) is 26.0 Å². The van der Waals surface area contributed by atoms with Crippen LogP contribution in [0.15, 0.2) is 12.1 Å². The fourth-order valence-corrected chi connectivity index (χ4v) is 1.86. The van der Waals surface area contributed by atoms with Crippen LogP contribution in [0.25, 0.3) is 0 Å². The van der Waals surface area contributed by atoms with Gasteiger partial charge in [-0.2, -0.15) is 0 Å². The summed E-state index contributed by atoms with van der Waals surface area (Å²) in [4.78, 5) is 0. The molecule has 0 heterocycles. The lowest BCUT2D eigenvalue weighted by atomic mass is 9.95. The van der Waals surface area contributed by atoms with Crippen molar-refractivity contribution in [3.8, 4) is 0 Å². The Hall–Kier alpha value is -0.960. The molecule has 15 heavy (non-hydrogen) atoms. The Kier molecular flexibility index (Phi) is 3.80. The molecule has 84 valence electrons. The lowest BCUT2D eigenvalue weighted by Gasteiger charge is -2.15. The largest absolute Gasteiger partial charge is 0.323 e. The molecule has 1 rings (SSSR count). The third-order valence-corrected chi connectivity index (χ3v) is 2.60. The summed E-state index contributed by atoms with van der Waals surface area (Å²) in [6.45, 7) is 5.87. The summed E-state index contributed by atoms with van der Waals surface area (Å²) in [6, 6.07) is 2.94. The van der Waals surface area contributed by atoms with Gasteiger partial charge >= 0.3 is 0 Å². The molecule has 0 amide bonds. The lowest BCUT2D eigenvalue weighted by molar-refractivity contribution is 0.116. The Morgan fingerprint density at radius 2 is 1.60 bits per heavy atom. The summed E-state index contributed by atoms with van der Waals surface area (Å²) in [5.41, 5.74) is 9.57. The second-order valence-corrected chi connectivity index (χ2v) is 4.08. The van der Waals surface area contributed by atoms with E-state index in [4.69, 9.17) is 5.73 Å². The predicted molar refractivity (Wildman–Crippen MR) is 58.3 cm³/mol. The fourth-order valence-electron chi connectivity index (χ4n) is 1.86. The number of nitrogens with two attached hydrogens (primary N) is 1. The quantitative estimate of drug-likeness (QED) is 0.820. The Balaban J connectivity index is 2.95. The van der Waals surface area contributed by atoms with Gasteiger partial charge in [0.15, 0.2) is 0 Å². The van der Waals surface area contributed by atoms with Gasteiger partial charge in [-0.3, -0.25) is 0 Å². The molecule has 0 saturated heterocycles. The molecule has 0 radical (unpaired) electrons. The van der Waals surface area contributed by atoms with Crippen LogP contribution < -0.4 is 5.73 Å². The van der Waals surface area contributed by atoms with Crippen molar-refractivity contribution in [3.05, 3.63) is 34.4 Å². The van der Waals surface area contributed by atoms with Crippen LogP contribution in [0.1, 0.15) is 22.3 Å². The first-order chi connectivity index (χ1) is 6.91. The third-order valence-electron chi connectivity index (χ3n) is 2.60.